The third-order valence-electron chi connectivity index (χ3n) is 6.04. The van der Waals surface area contributed by atoms with E-state index in [0.29, 0.717) is 5.69 Å². The van der Waals surface area contributed by atoms with Gasteiger partial charge in [0.1, 0.15) is 5.54 Å². The van der Waals surface area contributed by atoms with E-state index in [9.17, 15) is 18.0 Å². The van der Waals surface area contributed by atoms with Crippen LogP contribution in [0.2, 0.25) is 0 Å². The largest absolute Gasteiger partial charge is 0.351 e. The van der Waals surface area contributed by atoms with Gasteiger partial charge in [0.05, 0.1) is 12.8 Å². The average Bonchev–Trinajstić information content (AvgIpc) is 2.68. The molecule has 2 fully saturated rings. The van der Waals surface area contributed by atoms with E-state index in [1.165, 1.54) is 11.3 Å². The fraction of sp³-hybridized carbons (Fsp3) is 0.619. The number of nitrogens with one attached hydrogen (secondary N) is 1. The Bertz CT molecular complexity index is 862. The lowest BCUT2D eigenvalue weighted by molar-refractivity contribution is -0.133. The second-order valence-electron chi connectivity index (χ2n) is 8.36. The van der Waals surface area contributed by atoms with Crippen LogP contribution in [-0.2, 0) is 26.0 Å². The van der Waals surface area contributed by atoms with E-state index >= 15 is 0 Å². The van der Waals surface area contributed by atoms with Gasteiger partial charge in [0.15, 0.2) is 0 Å². The maximum atomic E-state index is 13.4. The maximum Gasteiger partial charge on any atom is 0.247 e. The zero-order chi connectivity index (χ0) is 21.2. The van der Waals surface area contributed by atoms with Crippen LogP contribution in [0.15, 0.2) is 24.3 Å². The third-order valence-corrected chi connectivity index (χ3v) is 7.24. The number of piperazine rings is 1. The molecule has 1 aliphatic heterocycles. The van der Waals surface area contributed by atoms with Crippen molar-refractivity contribution in [3.05, 3.63) is 29.8 Å². The predicted octanol–water partition coefficient (Wildman–Crippen LogP) is 2.06. The van der Waals surface area contributed by atoms with Gasteiger partial charge >= 0.3 is 0 Å². The van der Waals surface area contributed by atoms with Crippen molar-refractivity contribution in [2.24, 2.45) is 0 Å². The average molecular weight is 422 g/mol. The number of rotatable bonds is 5. The minimum Gasteiger partial charge on any atom is -0.351 e. The van der Waals surface area contributed by atoms with Crippen LogP contribution in [0.5, 0.6) is 0 Å². The number of hydrogen-bond acceptors (Lipinski definition) is 4. The zero-order valence-electron chi connectivity index (χ0n) is 17.5. The normalized spacial score (nSPS) is 24.5. The van der Waals surface area contributed by atoms with Crippen molar-refractivity contribution in [1.82, 2.24) is 9.62 Å². The molecule has 7 nitrogen and oxygen atoms in total. The summed E-state index contributed by atoms with van der Waals surface area (Å²) in [6.45, 7) is 3.38. The Morgan fingerprint density at radius 2 is 1.79 bits per heavy atom. The number of hydrogen-bond donors (Lipinski definition) is 1. The summed E-state index contributed by atoms with van der Waals surface area (Å²) < 4.78 is 25.5. The lowest BCUT2D eigenvalue weighted by atomic mass is 9.91. The molecule has 0 spiro atoms. The molecule has 1 atom stereocenters. The van der Waals surface area contributed by atoms with E-state index in [0.717, 1.165) is 48.2 Å². The molecule has 1 heterocycles. The molecule has 3 rings (SSSR count). The molecule has 1 aliphatic carbocycles. The van der Waals surface area contributed by atoms with E-state index in [1.54, 1.807) is 6.92 Å². The van der Waals surface area contributed by atoms with Gasteiger partial charge in [-0.1, -0.05) is 38.3 Å². The smallest absolute Gasteiger partial charge is 0.247 e. The van der Waals surface area contributed by atoms with Gasteiger partial charge in [0.2, 0.25) is 21.8 Å². The number of nitrogens with zero attached hydrogens (tertiary/aromatic N) is 2. The molecule has 0 aromatic heterocycles. The Balaban J connectivity index is 1.96. The topological polar surface area (TPSA) is 86.8 Å². The number of carbonyl (C=O) groups excluding carboxylic acids is 2. The Kier molecular flexibility index (Phi) is 6.33. The van der Waals surface area contributed by atoms with E-state index in [2.05, 4.69) is 5.32 Å². The molecule has 2 aliphatic rings. The van der Waals surface area contributed by atoms with Gasteiger partial charge < -0.3 is 5.32 Å². The van der Waals surface area contributed by atoms with Crippen LogP contribution < -0.4 is 10.2 Å². The first-order chi connectivity index (χ1) is 13.6. The standard InChI is InChI=1S/C21H31N3O4S/c1-4-16-10-12-18(13-11-16)24-19(25)14-23(29(3,27)28)15-21(24,2)20(26)22-17-8-6-5-7-9-17/h10-13,17H,4-9,14-15H2,1-3H3,(H,22,26)/t21-/m0/s1. The summed E-state index contributed by atoms with van der Waals surface area (Å²) in [6, 6.07) is 7.61. The van der Waals surface area contributed by atoms with E-state index < -0.39 is 21.5 Å². The first-order valence-corrected chi connectivity index (χ1v) is 12.2. The van der Waals surface area contributed by atoms with Crippen molar-refractivity contribution in [2.75, 3.05) is 24.2 Å². The van der Waals surface area contributed by atoms with Crippen LogP contribution in [0.3, 0.4) is 0 Å². The molecule has 160 valence electrons. The molecular formula is C21H31N3O4S. The first-order valence-electron chi connectivity index (χ1n) is 10.3. The highest BCUT2D eigenvalue weighted by atomic mass is 32.2. The maximum absolute atomic E-state index is 13.4. The SMILES string of the molecule is CCc1ccc(N2C(=O)CN(S(C)(=O)=O)C[C@@]2(C)C(=O)NC2CCCCC2)cc1. The molecule has 29 heavy (non-hydrogen) atoms. The van der Waals surface area contributed by atoms with Crippen LogP contribution in [0.25, 0.3) is 0 Å². The number of benzene rings is 1. The molecule has 2 amide bonds. The quantitative estimate of drug-likeness (QED) is 0.788. The van der Waals surface area contributed by atoms with Gasteiger partial charge in [-0.15, -0.1) is 0 Å². The molecule has 1 saturated carbocycles. The van der Waals surface area contributed by atoms with E-state index in [1.807, 2.05) is 31.2 Å². The number of carbonyl (C=O) groups is 2. The highest BCUT2D eigenvalue weighted by molar-refractivity contribution is 7.88. The van der Waals surface area contributed by atoms with Crippen molar-refractivity contribution in [3.8, 4) is 0 Å². The molecule has 1 aromatic carbocycles. The summed E-state index contributed by atoms with van der Waals surface area (Å²) in [6.07, 6.45) is 7.07. The molecular weight excluding hydrogens is 390 g/mol. The highest BCUT2D eigenvalue weighted by Crippen LogP contribution is 2.31. The fourth-order valence-corrected chi connectivity index (χ4v) is 5.10. The molecule has 0 bridgehead atoms. The zero-order valence-corrected chi connectivity index (χ0v) is 18.3. The van der Waals surface area contributed by atoms with Crippen molar-refractivity contribution in [1.29, 1.82) is 0 Å². The lowest BCUT2D eigenvalue weighted by Gasteiger charge is -2.47. The van der Waals surface area contributed by atoms with Gasteiger partial charge in [-0.05, 0) is 43.9 Å². The van der Waals surface area contributed by atoms with Crippen molar-refractivity contribution in [3.63, 3.8) is 0 Å². The molecule has 1 N–H and O–H groups in total. The second-order valence-corrected chi connectivity index (χ2v) is 10.3. The van der Waals surface area contributed by atoms with E-state index in [-0.39, 0.29) is 25.0 Å². The van der Waals surface area contributed by atoms with E-state index in [4.69, 9.17) is 0 Å². The highest BCUT2D eigenvalue weighted by Gasteiger charge is 2.50. The van der Waals surface area contributed by atoms with Crippen LogP contribution in [0.1, 0.15) is 51.5 Å². The summed E-state index contributed by atoms with van der Waals surface area (Å²) in [5.41, 5.74) is 0.426. The molecule has 0 unspecified atom stereocenters. The van der Waals surface area contributed by atoms with Crippen LogP contribution in [-0.4, -0.2) is 55.5 Å². The van der Waals surface area contributed by atoms with Crippen molar-refractivity contribution < 1.29 is 18.0 Å². The minimum absolute atomic E-state index is 0.0638. The number of aryl methyl sites for hydroxylation is 1. The van der Waals surface area contributed by atoms with Crippen LogP contribution in [0.4, 0.5) is 5.69 Å². The third kappa shape index (κ3) is 4.64. The van der Waals surface area contributed by atoms with Crippen LogP contribution in [0, 0.1) is 0 Å². The molecule has 8 heteroatoms. The lowest BCUT2D eigenvalue weighted by Crippen LogP contribution is -2.70. The Labute approximate surface area is 173 Å². The first kappa shape index (κ1) is 21.8. The monoisotopic (exact) mass is 421 g/mol. The van der Waals surface area contributed by atoms with Gasteiger partial charge in [0.25, 0.3) is 0 Å². The number of anilines is 1. The number of amides is 2. The summed E-state index contributed by atoms with van der Waals surface area (Å²) in [5, 5.41) is 3.09. The summed E-state index contributed by atoms with van der Waals surface area (Å²) in [4.78, 5) is 27.9. The van der Waals surface area contributed by atoms with Crippen LogP contribution >= 0.6 is 0 Å². The van der Waals surface area contributed by atoms with Gasteiger partial charge in [0, 0.05) is 18.3 Å². The number of sulfonamides is 1. The Hall–Kier alpha value is -1.93. The summed E-state index contributed by atoms with van der Waals surface area (Å²) in [5.74, 6) is -0.696. The Morgan fingerprint density at radius 3 is 2.34 bits per heavy atom. The van der Waals surface area contributed by atoms with Crippen molar-refractivity contribution >= 4 is 27.5 Å². The van der Waals surface area contributed by atoms with Gasteiger partial charge in [-0.2, -0.15) is 4.31 Å². The van der Waals surface area contributed by atoms with Gasteiger partial charge in [-0.3, -0.25) is 14.5 Å². The summed E-state index contributed by atoms with van der Waals surface area (Å²) >= 11 is 0. The molecule has 1 saturated heterocycles. The summed E-state index contributed by atoms with van der Waals surface area (Å²) in [7, 11) is -3.61. The predicted molar refractivity (Wildman–Crippen MR) is 113 cm³/mol. The minimum atomic E-state index is -3.61. The molecule has 1 aromatic rings. The Morgan fingerprint density at radius 1 is 1.17 bits per heavy atom. The van der Waals surface area contributed by atoms with Gasteiger partial charge in [-0.25, -0.2) is 8.42 Å². The second kappa shape index (κ2) is 8.44. The fourth-order valence-electron chi connectivity index (χ4n) is 4.27. The van der Waals surface area contributed by atoms with Crippen molar-refractivity contribution in [2.45, 2.75) is 64.0 Å². The molecule has 0 radical (unpaired) electrons.